The van der Waals surface area contributed by atoms with E-state index in [1.807, 2.05) is 35.0 Å². The van der Waals surface area contributed by atoms with Crippen molar-refractivity contribution in [2.45, 2.75) is 26.4 Å². The van der Waals surface area contributed by atoms with E-state index in [1.165, 1.54) is 5.56 Å². The van der Waals surface area contributed by atoms with Crippen LogP contribution in [0.3, 0.4) is 0 Å². The minimum atomic E-state index is -0.113. The first-order valence-corrected chi connectivity index (χ1v) is 10.3. The molecule has 0 amide bonds. The standard InChI is InChI=1S/C25H27N5O/c1-18-10-8-9-13-22(18)30-25(26-27-28-30)24(21-11-6-5-7-12-21)29(3)17-20-14-15-23(31-4)19(2)16-20/h5-16,24H,17H2,1-4H3/t24-/m1/s1. The van der Waals surface area contributed by atoms with Crippen molar-refractivity contribution >= 4 is 0 Å². The lowest BCUT2D eigenvalue weighted by molar-refractivity contribution is 0.258. The molecule has 6 heteroatoms. The minimum Gasteiger partial charge on any atom is -0.496 e. The molecule has 1 heterocycles. The van der Waals surface area contributed by atoms with Crippen LogP contribution in [-0.2, 0) is 6.54 Å². The molecule has 4 rings (SSSR count). The predicted molar refractivity (Wildman–Crippen MR) is 121 cm³/mol. The molecule has 6 nitrogen and oxygen atoms in total. The van der Waals surface area contributed by atoms with Gasteiger partial charge in [0.25, 0.3) is 0 Å². The minimum absolute atomic E-state index is 0.113. The highest BCUT2D eigenvalue weighted by molar-refractivity contribution is 5.41. The van der Waals surface area contributed by atoms with Crippen molar-refractivity contribution in [2.75, 3.05) is 14.2 Å². The highest BCUT2D eigenvalue weighted by atomic mass is 16.5. The molecule has 0 aliphatic rings. The third-order valence-corrected chi connectivity index (χ3v) is 5.53. The molecular weight excluding hydrogens is 386 g/mol. The number of aromatic nitrogens is 4. The summed E-state index contributed by atoms with van der Waals surface area (Å²) in [6.07, 6.45) is 0. The predicted octanol–water partition coefficient (Wildman–Crippen LogP) is 4.51. The summed E-state index contributed by atoms with van der Waals surface area (Å²) >= 11 is 0. The van der Waals surface area contributed by atoms with Gasteiger partial charge in [-0.25, -0.2) is 0 Å². The van der Waals surface area contributed by atoms with Crippen LogP contribution in [0.1, 0.15) is 34.1 Å². The van der Waals surface area contributed by atoms with Crippen molar-refractivity contribution in [1.82, 2.24) is 25.1 Å². The van der Waals surface area contributed by atoms with Crippen LogP contribution in [-0.4, -0.2) is 39.3 Å². The lowest BCUT2D eigenvalue weighted by Crippen LogP contribution is -2.28. The number of methoxy groups -OCH3 is 1. The molecule has 31 heavy (non-hydrogen) atoms. The Hall–Kier alpha value is -3.51. The van der Waals surface area contributed by atoms with Crippen LogP contribution in [0.25, 0.3) is 5.69 Å². The number of rotatable bonds is 7. The molecule has 0 N–H and O–H groups in total. The first-order valence-electron chi connectivity index (χ1n) is 10.3. The van der Waals surface area contributed by atoms with Crippen molar-refractivity contribution in [1.29, 1.82) is 0 Å². The van der Waals surface area contributed by atoms with E-state index in [-0.39, 0.29) is 6.04 Å². The maximum Gasteiger partial charge on any atom is 0.178 e. The van der Waals surface area contributed by atoms with Crippen molar-refractivity contribution in [2.24, 2.45) is 0 Å². The fraction of sp³-hybridized carbons (Fsp3) is 0.240. The van der Waals surface area contributed by atoms with Gasteiger partial charge in [0.1, 0.15) is 5.75 Å². The second kappa shape index (κ2) is 9.10. The number of tetrazole rings is 1. The third kappa shape index (κ3) is 4.34. The summed E-state index contributed by atoms with van der Waals surface area (Å²) in [7, 11) is 3.80. The van der Waals surface area contributed by atoms with Gasteiger partial charge in [-0.3, -0.25) is 4.90 Å². The Labute approximate surface area is 183 Å². The van der Waals surface area contributed by atoms with Gasteiger partial charge in [0.15, 0.2) is 5.82 Å². The lowest BCUT2D eigenvalue weighted by Gasteiger charge is -2.28. The molecule has 0 radical (unpaired) electrons. The average Bonchev–Trinajstić information content (AvgIpc) is 3.24. The van der Waals surface area contributed by atoms with E-state index < -0.39 is 0 Å². The average molecular weight is 414 g/mol. The zero-order valence-electron chi connectivity index (χ0n) is 18.4. The van der Waals surface area contributed by atoms with E-state index in [2.05, 4.69) is 83.8 Å². The van der Waals surface area contributed by atoms with E-state index in [9.17, 15) is 0 Å². The Kier molecular flexibility index (Phi) is 6.09. The van der Waals surface area contributed by atoms with Gasteiger partial charge in [0.05, 0.1) is 18.8 Å². The smallest absolute Gasteiger partial charge is 0.178 e. The third-order valence-electron chi connectivity index (χ3n) is 5.53. The summed E-state index contributed by atoms with van der Waals surface area (Å²) < 4.78 is 7.26. The summed E-state index contributed by atoms with van der Waals surface area (Å²) in [6, 6.07) is 24.7. The van der Waals surface area contributed by atoms with Gasteiger partial charge >= 0.3 is 0 Å². The van der Waals surface area contributed by atoms with Gasteiger partial charge in [0.2, 0.25) is 0 Å². The number of para-hydroxylation sites is 1. The molecule has 0 unspecified atom stereocenters. The highest BCUT2D eigenvalue weighted by Gasteiger charge is 2.26. The summed E-state index contributed by atoms with van der Waals surface area (Å²) in [6.45, 7) is 4.88. The molecule has 158 valence electrons. The van der Waals surface area contributed by atoms with Crippen LogP contribution in [0.15, 0.2) is 72.8 Å². The van der Waals surface area contributed by atoms with E-state index in [1.54, 1.807) is 7.11 Å². The van der Waals surface area contributed by atoms with E-state index in [0.717, 1.165) is 40.5 Å². The second-order valence-corrected chi connectivity index (χ2v) is 7.77. The number of hydrogen-bond acceptors (Lipinski definition) is 5. The quantitative estimate of drug-likeness (QED) is 0.446. The van der Waals surface area contributed by atoms with Crippen LogP contribution in [0.5, 0.6) is 5.75 Å². The SMILES string of the molecule is COc1ccc(CN(C)[C@H](c2ccccc2)c2nnnn2-c2ccccc2C)cc1C. The van der Waals surface area contributed by atoms with E-state index in [4.69, 9.17) is 4.74 Å². The Morgan fingerprint density at radius 1 is 0.935 bits per heavy atom. The van der Waals surface area contributed by atoms with Crippen LogP contribution < -0.4 is 4.74 Å². The fourth-order valence-electron chi connectivity index (χ4n) is 3.99. The molecule has 0 saturated heterocycles. The molecule has 4 aromatic rings. The monoisotopic (exact) mass is 413 g/mol. The molecule has 0 aliphatic carbocycles. The van der Waals surface area contributed by atoms with Gasteiger partial charge in [-0.2, -0.15) is 4.68 Å². The van der Waals surface area contributed by atoms with Crippen LogP contribution >= 0.6 is 0 Å². The summed E-state index contributed by atoms with van der Waals surface area (Å²) in [5.41, 5.74) is 5.57. The number of benzene rings is 3. The van der Waals surface area contributed by atoms with E-state index >= 15 is 0 Å². The Balaban J connectivity index is 1.74. The zero-order chi connectivity index (χ0) is 21.8. The maximum absolute atomic E-state index is 5.41. The Morgan fingerprint density at radius 3 is 2.39 bits per heavy atom. The molecule has 0 spiro atoms. The van der Waals surface area contributed by atoms with Gasteiger partial charge in [-0.1, -0.05) is 60.7 Å². The summed E-state index contributed by atoms with van der Waals surface area (Å²) in [5.74, 6) is 1.68. The topological polar surface area (TPSA) is 56.1 Å². The maximum atomic E-state index is 5.41. The summed E-state index contributed by atoms with van der Waals surface area (Å²) in [4.78, 5) is 2.27. The molecule has 0 bridgehead atoms. The molecule has 0 saturated carbocycles. The van der Waals surface area contributed by atoms with Gasteiger partial charge in [-0.05, 0) is 65.7 Å². The Morgan fingerprint density at radius 2 is 1.68 bits per heavy atom. The van der Waals surface area contributed by atoms with Crippen LogP contribution in [0, 0.1) is 13.8 Å². The second-order valence-electron chi connectivity index (χ2n) is 7.77. The van der Waals surface area contributed by atoms with Crippen molar-refractivity contribution in [3.63, 3.8) is 0 Å². The van der Waals surface area contributed by atoms with Crippen molar-refractivity contribution in [3.05, 3.63) is 101 Å². The van der Waals surface area contributed by atoms with Gasteiger partial charge in [0, 0.05) is 6.54 Å². The molecule has 3 aromatic carbocycles. The summed E-state index contributed by atoms with van der Waals surface area (Å²) in [5, 5.41) is 12.8. The molecule has 1 atom stereocenters. The van der Waals surface area contributed by atoms with Crippen LogP contribution in [0.4, 0.5) is 0 Å². The first-order chi connectivity index (χ1) is 15.1. The Bertz CT molecular complexity index is 1160. The van der Waals surface area contributed by atoms with Crippen molar-refractivity contribution in [3.8, 4) is 11.4 Å². The number of nitrogens with zero attached hydrogens (tertiary/aromatic N) is 5. The van der Waals surface area contributed by atoms with Gasteiger partial charge < -0.3 is 4.74 Å². The first kappa shape index (κ1) is 20.8. The number of aryl methyl sites for hydroxylation is 2. The van der Waals surface area contributed by atoms with E-state index in [0.29, 0.717) is 0 Å². The largest absolute Gasteiger partial charge is 0.496 e. The van der Waals surface area contributed by atoms with Gasteiger partial charge in [-0.15, -0.1) is 5.10 Å². The molecule has 0 aliphatic heterocycles. The molecule has 1 aromatic heterocycles. The zero-order valence-corrected chi connectivity index (χ0v) is 18.4. The highest BCUT2D eigenvalue weighted by Crippen LogP contribution is 2.30. The van der Waals surface area contributed by atoms with Crippen LogP contribution in [0.2, 0.25) is 0 Å². The van der Waals surface area contributed by atoms with Crippen molar-refractivity contribution < 1.29 is 4.74 Å². The number of ether oxygens (including phenoxy) is 1. The molecular formula is C25H27N5O. The normalized spacial score (nSPS) is 12.2. The number of hydrogen-bond donors (Lipinski definition) is 0. The molecule has 0 fully saturated rings. The fourth-order valence-corrected chi connectivity index (χ4v) is 3.99. The lowest BCUT2D eigenvalue weighted by atomic mass is 10.0.